The molecule has 0 saturated heterocycles. The van der Waals surface area contributed by atoms with Crippen LogP contribution in [0.1, 0.15) is 57.8 Å². The average molecular weight is 250 g/mol. The Bertz CT molecular complexity index is 283. The fourth-order valence-electron chi connectivity index (χ4n) is 3.74. The van der Waals surface area contributed by atoms with Crippen molar-refractivity contribution < 1.29 is 4.79 Å². The third kappa shape index (κ3) is 3.93. The number of isocyanates is 1. The molecule has 1 N–H and O–H groups in total. The lowest BCUT2D eigenvalue weighted by Crippen LogP contribution is -2.31. The van der Waals surface area contributed by atoms with Crippen molar-refractivity contribution in [3.63, 3.8) is 0 Å². The van der Waals surface area contributed by atoms with Crippen molar-refractivity contribution in [3.05, 3.63) is 0 Å². The Morgan fingerprint density at radius 3 is 2.06 bits per heavy atom. The Morgan fingerprint density at radius 2 is 1.56 bits per heavy atom. The Kier molecular flexibility index (Phi) is 5.40. The standard InChI is InChI=1S/C15H26N2O/c1-16-14-6-2-12(3-7-14)10-13-4-8-15(9-5-13)17-11-18/h12-16H,2-10H2,1H3. The van der Waals surface area contributed by atoms with E-state index in [9.17, 15) is 4.79 Å². The van der Waals surface area contributed by atoms with Crippen LogP contribution in [0.2, 0.25) is 0 Å². The molecule has 3 nitrogen and oxygen atoms in total. The molecule has 0 spiro atoms. The van der Waals surface area contributed by atoms with Crippen molar-refractivity contribution >= 4 is 6.08 Å². The first kappa shape index (κ1) is 13.8. The van der Waals surface area contributed by atoms with Gasteiger partial charge in [0.05, 0.1) is 6.04 Å². The zero-order valence-corrected chi connectivity index (χ0v) is 11.5. The molecule has 0 amide bonds. The Morgan fingerprint density at radius 1 is 1.00 bits per heavy atom. The summed E-state index contributed by atoms with van der Waals surface area (Å²) in [5, 5.41) is 3.40. The molecule has 0 heterocycles. The molecule has 2 saturated carbocycles. The summed E-state index contributed by atoms with van der Waals surface area (Å²) in [5.74, 6) is 1.84. The van der Waals surface area contributed by atoms with Crippen molar-refractivity contribution in [2.75, 3.05) is 7.05 Å². The minimum absolute atomic E-state index is 0.277. The predicted molar refractivity (Wildman–Crippen MR) is 73.3 cm³/mol. The first-order valence-corrected chi connectivity index (χ1v) is 7.56. The molecule has 0 atom stereocenters. The molecule has 18 heavy (non-hydrogen) atoms. The molecule has 0 bridgehead atoms. The first-order chi connectivity index (χ1) is 8.81. The van der Waals surface area contributed by atoms with Gasteiger partial charge in [0.15, 0.2) is 0 Å². The van der Waals surface area contributed by atoms with E-state index in [4.69, 9.17) is 0 Å². The van der Waals surface area contributed by atoms with Crippen LogP contribution in [0, 0.1) is 11.8 Å². The highest BCUT2D eigenvalue weighted by Gasteiger charge is 2.26. The van der Waals surface area contributed by atoms with Crippen LogP contribution in [0.25, 0.3) is 0 Å². The van der Waals surface area contributed by atoms with Gasteiger partial charge < -0.3 is 5.32 Å². The van der Waals surface area contributed by atoms with E-state index >= 15 is 0 Å². The number of aliphatic imine (C=N–C) groups is 1. The zero-order valence-electron chi connectivity index (χ0n) is 11.5. The van der Waals surface area contributed by atoms with Gasteiger partial charge in [-0.25, -0.2) is 9.79 Å². The Hall–Kier alpha value is -0.660. The van der Waals surface area contributed by atoms with Crippen LogP contribution in [0.3, 0.4) is 0 Å². The normalized spacial score (nSPS) is 36.9. The molecule has 102 valence electrons. The summed E-state index contributed by atoms with van der Waals surface area (Å²) in [6.45, 7) is 0. The van der Waals surface area contributed by atoms with Gasteiger partial charge in [0.1, 0.15) is 0 Å². The molecular formula is C15H26N2O. The maximum Gasteiger partial charge on any atom is 0.235 e. The van der Waals surface area contributed by atoms with E-state index in [1.54, 1.807) is 6.08 Å². The van der Waals surface area contributed by atoms with Gasteiger partial charge in [-0.3, -0.25) is 0 Å². The summed E-state index contributed by atoms with van der Waals surface area (Å²) in [4.78, 5) is 14.1. The van der Waals surface area contributed by atoms with Gasteiger partial charge in [0.2, 0.25) is 6.08 Å². The highest BCUT2D eigenvalue weighted by molar-refractivity contribution is 5.33. The van der Waals surface area contributed by atoms with Gasteiger partial charge >= 0.3 is 0 Å². The lowest BCUT2D eigenvalue weighted by molar-refractivity contribution is 0.218. The molecule has 3 heteroatoms. The van der Waals surface area contributed by atoms with Gasteiger partial charge in [-0.1, -0.05) is 0 Å². The van der Waals surface area contributed by atoms with Crippen molar-refractivity contribution in [2.24, 2.45) is 16.8 Å². The summed E-state index contributed by atoms with van der Waals surface area (Å²) in [7, 11) is 2.08. The van der Waals surface area contributed by atoms with E-state index in [-0.39, 0.29) is 6.04 Å². The van der Waals surface area contributed by atoms with E-state index in [1.165, 1.54) is 44.9 Å². The molecule has 2 aliphatic rings. The van der Waals surface area contributed by atoms with Gasteiger partial charge in [-0.15, -0.1) is 0 Å². The van der Waals surface area contributed by atoms with E-state index in [2.05, 4.69) is 17.4 Å². The van der Waals surface area contributed by atoms with Crippen LogP contribution in [-0.2, 0) is 4.79 Å². The van der Waals surface area contributed by atoms with Crippen LogP contribution < -0.4 is 5.32 Å². The van der Waals surface area contributed by atoms with Crippen LogP contribution in [0.15, 0.2) is 4.99 Å². The molecule has 2 rings (SSSR count). The number of carbonyl (C=O) groups excluding carboxylic acids is 1. The summed E-state index contributed by atoms with van der Waals surface area (Å²) >= 11 is 0. The summed E-state index contributed by atoms with van der Waals surface area (Å²) < 4.78 is 0. The third-order valence-corrected chi connectivity index (χ3v) is 4.97. The fourth-order valence-corrected chi connectivity index (χ4v) is 3.74. The van der Waals surface area contributed by atoms with Crippen LogP contribution in [0.5, 0.6) is 0 Å². The van der Waals surface area contributed by atoms with E-state index in [1.807, 2.05) is 0 Å². The number of hydrogen-bond donors (Lipinski definition) is 1. The Balaban J connectivity index is 1.67. The predicted octanol–water partition coefficient (Wildman–Crippen LogP) is 3.05. The first-order valence-electron chi connectivity index (χ1n) is 7.56. The Labute approximate surface area is 110 Å². The molecule has 0 aromatic carbocycles. The van der Waals surface area contributed by atoms with Crippen LogP contribution in [-0.4, -0.2) is 25.2 Å². The fraction of sp³-hybridized carbons (Fsp3) is 0.933. The minimum Gasteiger partial charge on any atom is -0.317 e. The van der Waals surface area contributed by atoms with E-state index in [0.29, 0.717) is 0 Å². The molecule has 0 aliphatic heterocycles. The van der Waals surface area contributed by atoms with E-state index in [0.717, 1.165) is 30.7 Å². The highest BCUT2D eigenvalue weighted by Crippen LogP contribution is 2.35. The second-order valence-electron chi connectivity index (χ2n) is 6.14. The number of nitrogens with one attached hydrogen (secondary N) is 1. The molecule has 2 fully saturated rings. The van der Waals surface area contributed by atoms with Gasteiger partial charge in [0.25, 0.3) is 0 Å². The smallest absolute Gasteiger partial charge is 0.235 e. The second kappa shape index (κ2) is 7.06. The minimum atomic E-state index is 0.277. The van der Waals surface area contributed by atoms with Crippen molar-refractivity contribution in [3.8, 4) is 0 Å². The quantitative estimate of drug-likeness (QED) is 0.615. The lowest BCUT2D eigenvalue weighted by atomic mass is 9.76. The number of hydrogen-bond acceptors (Lipinski definition) is 3. The largest absolute Gasteiger partial charge is 0.317 e. The number of rotatable bonds is 4. The summed E-state index contributed by atoms with van der Waals surface area (Å²) in [5.41, 5.74) is 0. The highest BCUT2D eigenvalue weighted by atomic mass is 16.1. The van der Waals surface area contributed by atoms with Gasteiger partial charge in [-0.05, 0) is 76.7 Å². The molecule has 0 radical (unpaired) electrons. The average Bonchev–Trinajstić information content (AvgIpc) is 2.42. The summed E-state index contributed by atoms with van der Waals surface area (Å²) in [6.07, 6.45) is 13.4. The molecule has 0 aromatic rings. The van der Waals surface area contributed by atoms with Gasteiger partial charge in [-0.2, -0.15) is 0 Å². The zero-order chi connectivity index (χ0) is 12.8. The molecule has 2 aliphatic carbocycles. The SMILES string of the molecule is CNC1CCC(CC2CCC(N=C=O)CC2)CC1. The summed E-state index contributed by atoms with van der Waals surface area (Å²) in [6, 6.07) is 1.04. The topological polar surface area (TPSA) is 41.5 Å². The maximum atomic E-state index is 10.2. The maximum absolute atomic E-state index is 10.2. The molecule has 0 unspecified atom stereocenters. The third-order valence-electron chi connectivity index (χ3n) is 4.97. The van der Waals surface area contributed by atoms with Crippen molar-refractivity contribution in [1.29, 1.82) is 0 Å². The van der Waals surface area contributed by atoms with Crippen LogP contribution >= 0.6 is 0 Å². The van der Waals surface area contributed by atoms with Crippen LogP contribution in [0.4, 0.5) is 0 Å². The second-order valence-corrected chi connectivity index (χ2v) is 6.14. The van der Waals surface area contributed by atoms with E-state index < -0.39 is 0 Å². The lowest BCUT2D eigenvalue weighted by Gasteiger charge is -2.33. The number of nitrogens with zero attached hydrogens (tertiary/aromatic N) is 1. The molecule has 0 aromatic heterocycles. The van der Waals surface area contributed by atoms with Gasteiger partial charge in [0, 0.05) is 6.04 Å². The molecular weight excluding hydrogens is 224 g/mol. The van der Waals surface area contributed by atoms with Crippen molar-refractivity contribution in [1.82, 2.24) is 5.32 Å². The van der Waals surface area contributed by atoms with Crippen molar-refractivity contribution in [2.45, 2.75) is 69.9 Å². The monoisotopic (exact) mass is 250 g/mol.